The van der Waals surface area contributed by atoms with E-state index >= 15 is 0 Å². The van der Waals surface area contributed by atoms with Gasteiger partial charge in [0.1, 0.15) is 5.82 Å². The monoisotopic (exact) mass is 287 g/mol. The van der Waals surface area contributed by atoms with Gasteiger partial charge in [-0.25, -0.2) is 4.39 Å². The number of halogens is 1. The Hall–Kier alpha value is -2.27. The summed E-state index contributed by atoms with van der Waals surface area (Å²) in [7, 11) is 0. The van der Waals surface area contributed by atoms with Crippen molar-refractivity contribution in [2.45, 2.75) is 19.5 Å². The van der Waals surface area contributed by atoms with E-state index in [0.29, 0.717) is 12.1 Å². The van der Waals surface area contributed by atoms with Crippen LogP contribution in [0.4, 0.5) is 4.39 Å². The maximum absolute atomic E-state index is 13.1. The van der Waals surface area contributed by atoms with Gasteiger partial charge < -0.3 is 10.6 Å². The van der Waals surface area contributed by atoms with Crippen LogP contribution in [0.3, 0.4) is 0 Å². The zero-order valence-corrected chi connectivity index (χ0v) is 11.8. The van der Waals surface area contributed by atoms with E-state index in [4.69, 9.17) is 0 Å². The zero-order chi connectivity index (χ0) is 15.1. The van der Waals surface area contributed by atoms with Crippen molar-refractivity contribution in [3.63, 3.8) is 0 Å². The van der Waals surface area contributed by atoms with Crippen molar-refractivity contribution in [1.29, 1.82) is 0 Å². The van der Waals surface area contributed by atoms with Crippen LogP contribution < -0.4 is 10.6 Å². The molecule has 1 aromatic heterocycles. The van der Waals surface area contributed by atoms with E-state index in [2.05, 4.69) is 15.6 Å². The van der Waals surface area contributed by atoms with E-state index in [-0.39, 0.29) is 24.3 Å². The van der Waals surface area contributed by atoms with Gasteiger partial charge in [-0.15, -0.1) is 0 Å². The predicted molar refractivity (Wildman–Crippen MR) is 78.9 cm³/mol. The molecule has 0 fully saturated rings. The molecule has 1 heterocycles. The second kappa shape index (κ2) is 7.50. The number of hydrogen-bond acceptors (Lipinski definition) is 3. The van der Waals surface area contributed by atoms with Crippen molar-refractivity contribution in [3.05, 3.63) is 65.7 Å². The molecule has 0 radical (unpaired) electrons. The number of amides is 1. The fourth-order valence-corrected chi connectivity index (χ4v) is 1.89. The number of aromatic nitrogens is 1. The molecule has 0 aliphatic rings. The van der Waals surface area contributed by atoms with Gasteiger partial charge in [-0.05, 0) is 24.1 Å². The highest BCUT2D eigenvalue weighted by atomic mass is 19.1. The predicted octanol–water partition coefficient (Wildman–Crippen LogP) is 2.19. The Morgan fingerprint density at radius 3 is 2.76 bits per heavy atom. The van der Waals surface area contributed by atoms with Gasteiger partial charge in [-0.3, -0.25) is 9.78 Å². The minimum atomic E-state index is -0.380. The van der Waals surface area contributed by atoms with Crippen LogP contribution in [0.5, 0.6) is 0 Å². The topological polar surface area (TPSA) is 54.0 Å². The Morgan fingerprint density at radius 2 is 2.05 bits per heavy atom. The molecule has 2 aromatic rings. The minimum absolute atomic E-state index is 0.102. The standard InChI is InChI=1S/C16H18FN3O/c1-12(14-7-15(17)10-18-9-14)19-11-16(21)20-8-13-5-3-2-4-6-13/h2-7,9-10,12,19H,8,11H2,1H3,(H,20,21). The van der Waals surface area contributed by atoms with Gasteiger partial charge in [-0.2, -0.15) is 0 Å². The summed E-state index contributed by atoms with van der Waals surface area (Å²) in [5, 5.41) is 5.87. The summed E-state index contributed by atoms with van der Waals surface area (Å²) in [6, 6.07) is 11.0. The van der Waals surface area contributed by atoms with E-state index in [1.54, 1.807) is 6.20 Å². The molecule has 1 aromatic carbocycles. The fraction of sp³-hybridized carbons (Fsp3) is 0.250. The van der Waals surface area contributed by atoms with Crippen LogP contribution >= 0.6 is 0 Å². The maximum atomic E-state index is 13.1. The molecule has 110 valence electrons. The molecule has 0 spiro atoms. The van der Waals surface area contributed by atoms with Crippen molar-refractivity contribution >= 4 is 5.91 Å². The number of benzene rings is 1. The molecular formula is C16H18FN3O. The van der Waals surface area contributed by atoms with Crippen molar-refractivity contribution in [2.24, 2.45) is 0 Å². The van der Waals surface area contributed by atoms with Crippen LogP contribution in [0, 0.1) is 5.82 Å². The van der Waals surface area contributed by atoms with Crippen LogP contribution in [-0.4, -0.2) is 17.4 Å². The molecule has 1 unspecified atom stereocenters. The normalized spacial score (nSPS) is 11.9. The lowest BCUT2D eigenvalue weighted by Gasteiger charge is -2.13. The van der Waals surface area contributed by atoms with Crippen molar-refractivity contribution in [3.8, 4) is 0 Å². The average Bonchev–Trinajstić information content (AvgIpc) is 2.51. The van der Waals surface area contributed by atoms with Crippen LogP contribution in [0.15, 0.2) is 48.8 Å². The SMILES string of the molecule is CC(NCC(=O)NCc1ccccc1)c1cncc(F)c1. The van der Waals surface area contributed by atoms with Gasteiger partial charge in [-0.1, -0.05) is 30.3 Å². The molecule has 5 heteroatoms. The maximum Gasteiger partial charge on any atom is 0.234 e. The summed E-state index contributed by atoms with van der Waals surface area (Å²) in [4.78, 5) is 15.5. The Kier molecular flexibility index (Phi) is 5.40. The average molecular weight is 287 g/mol. The lowest BCUT2D eigenvalue weighted by molar-refractivity contribution is -0.120. The molecule has 1 amide bonds. The van der Waals surface area contributed by atoms with Gasteiger partial charge in [0.2, 0.25) is 5.91 Å². The molecule has 0 bridgehead atoms. The molecule has 0 saturated carbocycles. The summed E-state index contributed by atoms with van der Waals surface area (Å²) in [6.07, 6.45) is 2.74. The van der Waals surface area contributed by atoms with Gasteiger partial charge in [0.05, 0.1) is 12.7 Å². The van der Waals surface area contributed by atoms with Crippen LogP contribution in [0.2, 0.25) is 0 Å². The molecule has 21 heavy (non-hydrogen) atoms. The van der Waals surface area contributed by atoms with Gasteiger partial charge in [0.25, 0.3) is 0 Å². The first-order valence-electron chi connectivity index (χ1n) is 6.79. The Morgan fingerprint density at radius 1 is 1.29 bits per heavy atom. The van der Waals surface area contributed by atoms with Gasteiger partial charge in [0, 0.05) is 18.8 Å². The number of hydrogen-bond donors (Lipinski definition) is 2. The summed E-state index contributed by atoms with van der Waals surface area (Å²) in [5.74, 6) is -0.482. The van der Waals surface area contributed by atoms with Crippen molar-refractivity contribution in [2.75, 3.05) is 6.54 Å². The van der Waals surface area contributed by atoms with Crippen molar-refractivity contribution in [1.82, 2.24) is 15.6 Å². The highest BCUT2D eigenvalue weighted by Gasteiger charge is 2.08. The number of nitrogens with one attached hydrogen (secondary N) is 2. The van der Waals surface area contributed by atoms with E-state index in [0.717, 1.165) is 11.8 Å². The molecule has 1 atom stereocenters. The second-order valence-corrected chi connectivity index (χ2v) is 4.80. The number of carbonyl (C=O) groups excluding carboxylic acids is 1. The third kappa shape index (κ3) is 4.96. The first-order valence-corrected chi connectivity index (χ1v) is 6.79. The summed E-state index contributed by atoms with van der Waals surface area (Å²) < 4.78 is 13.1. The molecule has 0 saturated heterocycles. The summed E-state index contributed by atoms with van der Waals surface area (Å²) >= 11 is 0. The Balaban J connectivity index is 1.76. The lowest BCUT2D eigenvalue weighted by Crippen LogP contribution is -2.34. The van der Waals surface area contributed by atoms with Gasteiger partial charge in [0.15, 0.2) is 0 Å². The molecular weight excluding hydrogens is 269 g/mol. The first kappa shape index (κ1) is 15.1. The summed E-state index contributed by atoms with van der Waals surface area (Å²) in [5.41, 5.74) is 1.76. The lowest BCUT2D eigenvalue weighted by atomic mass is 10.1. The molecule has 2 rings (SSSR count). The smallest absolute Gasteiger partial charge is 0.234 e. The number of rotatable bonds is 6. The van der Waals surface area contributed by atoms with Crippen LogP contribution in [-0.2, 0) is 11.3 Å². The number of nitrogens with zero attached hydrogens (tertiary/aromatic N) is 1. The molecule has 0 aliphatic carbocycles. The fourth-order valence-electron chi connectivity index (χ4n) is 1.89. The van der Waals surface area contributed by atoms with E-state index in [1.807, 2.05) is 37.3 Å². The molecule has 4 nitrogen and oxygen atoms in total. The van der Waals surface area contributed by atoms with Crippen molar-refractivity contribution < 1.29 is 9.18 Å². The number of pyridine rings is 1. The van der Waals surface area contributed by atoms with E-state index in [1.165, 1.54) is 6.07 Å². The highest BCUT2D eigenvalue weighted by Crippen LogP contribution is 2.11. The Bertz CT molecular complexity index is 589. The van der Waals surface area contributed by atoms with E-state index in [9.17, 15) is 9.18 Å². The quantitative estimate of drug-likeness (QED) is 0.856. The van der Waals surface area contributed by atoms with E-state index < -0.39 is 0 Å². The minimum Gasteiger partial charge on any atom is -0.351 e. The highest BCUT2D eigenvalue weighted by molar-refractivity contribution is 5.78. The molecule has 0 aliphatic heterocycles. The molecule has 2 N–H and O–H groups in total. The largest absolute Gasteiger partial charge is 0.351 e. The second-order valence-electron chi connectivity index (χ2n) is 4.80. The Labute approximate surface area is 123 Å². The first-order chi connectivity index (χ1) is 10.1. The van der Waals surface area contributed by atoms with Gasteiger partial charge >= 0.3 is 0 Å². The summed E-state index contributed by atoms with van der Waals surface area (Å²) in [6.45, 7) is 2.53. The van der Waals surface area contributed by atoms with Crippen LogP contribution in [0.1, 0.15) is 24.1 Å². The zero-order valence-electron chi connectivity index (χ0n) is 11.8. The number of carbonyl (C=O) groups is 1. The third-order valence-corrected chi connectivity index (χ3v) is 3.13. The third-order valence-electron chi connectivity index (χ3n) is 3.13. The van der Waals surface area contributed by atoms with Crippen LogP contribution in [0.25, 0.3) is 0 Å².